The lowest BCUT2D eigenvalue weighted by molar-refractivity contribution is -0.144. The van der Waals surface area contributed by atoms with Crippen molar-refractivity contribution < 1.29 is 9.59 Å². The molecule has 0 unspecified atom stereocenters. The minimum atomic E-state index is -0.700. The van der Waals surface area contributed by atoms with Crippen molar-refractivity contribution in [1.82, 2.24) is 25.0 Å². The minimum Gasteiger partial charge on any atom is -0.342 e. The minimum absolute atomic E-state index is 0.0808. The zero-order valence-corrected chi connectivity index (χ0v) is 13.7. The molecule has 1 aromatic rings. The molecule has 7 heteroatoms. The Labute approximate surface area is 136 Å². The van der Waals surface area contributed by atoms with Gasteiger partial charge < -0.3 is 10.2 Å². The Morgan fingerprint density at radius 3 is 2.65 bits per heavy atom. The quantitative estimate of drug-likeness (QED) is 0.910. The van der Waals surface area contributed by atoms with E-state index in [1.54, 1.807) is 6.33 Å². The van der Waals surface area contributed by atoms with Crippen molar-refractivity contribution >= 4 is 11.8 Å². The summed E-state index contributed by atoms with van der Waals surface area (Å²) in [5.41, 5.74) is -0.700. The average Bonchev–Trinajstić information content (AvgIpc) is 3.09. The van der Waals surface area contributed by atoms with Crippen molar-refractivity contribution in [3.63, 3.8) is 0 Å². The van der Waals surface area contributed by atoms with Crippen molar-refractivity contribution in [3.05, 3.63) is 12.7 Å². The van der Waals surface area contributed by atoms with Gasteiger partial charge in [-0.25, -0.2) is 9.67 Å². The van der Waals surface area contributed by atoms with Gasteiger partial charge in [-0.2, -0.15) is 5.10 Å². The van der Waals surface area contributed by atoms with Crippen LogP contribution in [0.1, 0.15) is 57.9 Å². The van der Waals surface area contributed by atoms with Gasteiger partial charge in [-0.05, 0) is 25.7 Å². The van der Waals surface area contributed by atoms with E-state index < -0.39 is 5.54 Å². The third-order valence-corrected chi connectivity index (χ3v) is 5.03. The monoisotopic (exact) mass is 319 g/mol. The summed E-state index contributed by atoms with van der Waals surface area (Å²) >= 11 is 0. The molecule has 1 aliphatic heterocycles. The van der Waals surface area contributed by atoms with Crippen molar-refractivity contribution in [2.24, 2.45) is 0 Å². The lowest BCUT2D eigenvalue weighted by Gasteiger charge is -2.42. The highest BCUT2D eigenvalue weighted by atomic mass is 16.2. The second kappa shape index (κ2) is 6.68. The fourth-order valence-corrected chi connectivity index (χ4v) is 3.95. The molecule has 1 N–H and O–H groups in total. The van der Waals surface area contributed by atoms with E-state index in [0.717, 1.165) is 51.5 Å². The number of carbonyl (C=O) groups excluding carboxylic acids is 2. The topological polar surface area (TPSA) is 80.1 Å². The zero-order valence-electron chi connectivity index (χ0n) is 13.7. The second-order valence-corrected chi connectivity index (χ2v) is 6.75. The molecule has 3 rings (SSSR count). The summed E-state index contributed by atoms with van der Waals surface area (Å²) in [6, 6.07) is 0.174. The first-order valence-electron chi connectivity index (χ1n) is 8.53. The SMILES string of the molecule is CC(=O)NC1(C(=O)N2CCC[C@@H](n3cncn3)C2)CCCCC1. The summed E-state index contributed by atoms with van der Waals surface area (Å²) in [6.07, 6.45) is 9.80. The number of aromatic nitrogens is 3. The number of likely N-dealkylation sites (tertiary alicyclic amines) is 1. The molecule has 1 aliphatic carbocycles. The summed E-state index contributed by atoms with van der Waals surface area (Å²) in [4.78, 5) is 30.8. The molecule has 0 spiro atoms. The van der Waals surface area contributed by atoms with Crippen LogP contribution in [-0.2, 0) is 9.59 Å². The fraction of sp³-hybridized carbons (Fsp3) is 0.750. The van der Waals surface area contributed by atoms with E-state index in [9.17, 15) is 9.59 Å². The van der Waals surface area contributed by atoms with E-state index in [2.05, 4.69) is 15.4 Å². The van der Waals surface area contributed by atoms with Crippen molar-refractivity contribution in [2.75, 3.05) is 13.1 Å². The van der Waals surface area contributed by atoms with E-state index >= 15 is 0 Å². The number of hydrogen-bond acceptors (Lipinski definition) is 4. The molecule has 1 aromatic heterocycles. The van der Waals surface area contributed by atoms with E-state index in [-0.39, 0.29) is 17.9 Å². The van der Waals surface area contributed by atoms with Gasteiger partial charge in [-0.1, -0.05) is 19.3 Å². The lowest BCUT2D eigenvalue weighted by atomic mass is 9.80. The molecule has 1 saturated heterocycles. The molecule has 2 fully saturated rings. The smallest absolute Gasteiger partial charge is 0.248 e. The Morgan fingerprint density at radius 2 is 2.00 bits per heavy atom. The number of amides is 2. The highest BCUT2D eigenvalue weighted by Gasteiger charge is 2.43. The third-order valence-electron chi connectivity index (χ3n) is 5.03. The van der Waals surface area contributed by atoms with Gasteiger partial charge in [0, 0.05) is 20.0 Å². The van der Waals surface area contributed by atoms with Crippen LogP contribution >= 0.6 is 0 Å². The molecule has 126 valence electrons. The second-order valence-electron chi connectivity index (χ2n) is 6.75. The van der Waals surface area contributed by atoms with Crippen LogP contribution in [0.2, 0.25) is 0 Å². The van der Waals surface area contributed by atoms with Gasteiger partial charge in [0.2, 0.25) is 11.8 Å². The Balaban J connectivity index is 1.75. The maximum atomic E-state index is 13.2. The van der Waals surface area contributed by atoms with E-state index in [1.165, 1.54) is 13.3 Å². The largest absolute Gasteiger partial charge is 0.342 e. The van der Waals surface area contributed by atoms with E-state index in [0.29, 0.717) is 6.54 Å². The normalized spacial score (nSPS) is 24.2. The summed E-state index contributed by atoms with van der Waals surface area (Å²) in [5.74, 6) is -0.0395. The summed E-state index contributed by atoms with van der Waals surface area (Å²) in [6.45, 7) is 2.90. The van der Waals surface area contributed by atoms with Crippen LogP contribution in [0.25, 0.3) is 0 Å². The third kappa shape index (κ3) is 3.38. The molecule has 0 bridgehead atoms. The standard InChI is InChI=1S/C16H25N5O2/c1-13(22)19-16(7-3-2-4-8-16)15(23)20-9-5-6-14(10-20)21-12-17-11-18-21/h11-12,14H,2-10H2,1H3,(H,19,22)/t14-/m1/s1. The first-order valence-corrected chi connectivity index (χ1v) is 8.53. The number of rotatable bonds is 3. The number of carbonyl (C=O) groups is 2. The van der Waals surface area contributed by atoms with Crippen LogP contribution < -0.4 is 5.32 Å². The van der Waals surface area contributed by atoms with Crippen LogP contribution in [0, 0.1) is 0 Å². The predicted molar refractivity (Wildman–Crippen MR) is 84.5 cm³/mol. The van der Waals surface area contributed by atoms with Gasteiger partial charge in [0.25, 0.3) is 0 Å². The maximum Gasteiger partial charge on any atom is 0.248 e. The summed E-state index contributed by atoms with van der Waals surface area (Å²) in [7, 11) is 0. The average molecular weight is 319 g/mol. The highest BCUT2D eigenvalue weighted by Crippen LogP contribution is 2.32. The van der Waals surface area contributed by atoms with Gasteiger partial charge in [-0.3, -0.25) is 9.59 Å². The Hall–Kier alpha value is -1.92. The molecule has 2 heterocycles. The molecule has 2 aliphatic rings. The fourth-order valence-electron chi connectivity index (χ4n) is 3.95. The van der Waals surface area contributed by atoms with Crippen LogP contribution in [0.15, 0.2) is 12.7 Å². The molecule has 2 amide bonds. The van der Waals surface area contributed by atoms with E-state index in [1.807, 2.05) is 9.58 Å². The van der Waals surface area contributed by atoms with Gasteiger partial charge in [-0.15, -0.1) is 0 Å². The number of nitrogens with zero attached hydrogens (tertiary/aromatic N) is 4. The molecule has 1 atom stereocenters. The highest BCUT2D eigenvalue weighted by molar-refractivity contribution is 5.91. The molecule has 1 saturated carbocycles. The van der Waals surface area contributed by atoms with Crippen molar-refractivity contribution in [2.45, 2.75) is 63.5 Å². The molecule has 0 aromatic carbocycles. The van der Waals surface area contributed by atoms with Crippen LogP contribution in [0.4, 0.5) is 0 Å². The number of piperidine rings is 1. The molecular weight excluding hydrogens is 294 g/mol. The van der Waals surface area contributed by atoms with Gasteiger partial charge in [0.05, 0.1) is 6.04 Å². The lowest BCUT2D eigenvalue weighted by Crippen LogP contribution is -2.61. The van der Waals surface area contributed by atoms with Gasteiger partial charge >= 0.3 is 0 Å². The van der Waals surface area contributed by atoms with Crippen molar-refractivity contribution in [3.8, 4) is 0 Å². The van der Waals surface area contributed by atoms with Gasteiger partial charge in [0.15, 0.2) is 0 Å². The predicted octanol–water partition coefficient (Wildman–Crippen LogP) is 1.28. The van der Waals surface area contributed by atoms with Crippen LogP contribution in [0.5, 0.6) is 0 Å². The zero-order chi connectivity index (χ0) is 16.3. The Kier molecular flexibility index (Phi) is 4.63. The molecule has 0 radical (unpaired) electrons. The number of nitrogens with one attached hydrogen (secondary N) is 1. The van der Waals surface area contributed by atoms with Crippen LogP contribution in [0.3, 0.4) is 0 Å². The molecule has 23 heavy (non-hydrogen) atoms. The maximum absolute atomic E-state index is 13.2. The summed E-state index contributed by atoms with van der Waals surface area (Å²) in [5, 5.41) is 7.19. The molecule has 7 nitrogen and oxygen atoms in total. The number of hydrogen-bond donors (Lipinski definition) is 1. The van der Waals surface area contributed by atoms with Gasteiger partial charge in [0.1, 0.15) is 18.2 Å². The Bertz CT molecular complexity index is 551. The first-order chi connectivity index (χ1) is 11.1. The van der Waals surface area contributed by atoms with Crippen LogP contribution in [-0.4, -0.2) is 50.1 Å². The van der Waals surface area contributed by atoms with E-state index in [4.69, 9.17) is 0 Å². The van der Waals surface area contributed by atoms with Crippen molar-refractivity contribution in [1.29, 1.82) is 0 Å². The first kappa shape index (κ1) is 16.0. The summed E-state index contributed by atoms with van der Waals surface area (Å²) < 4.78 is 1.84. The Morgan fingerprint density at radius 1 is 1.22 bits per heavy atom. The molecular formula is C16H25N5O2.